The average molecular weight is 390 g/mol. The molecule has 2 aliphatic rings. The van der Waals surface area contributed by atoms with Crippen molar-refractivity contribution in [3.8, 4) is 0 Å². The van der Waals surface area contributed by atoms with Gasteiger partial charge in [-0.15, -0.1) is 0 Å². The first kappa shape index (κ1) is 17.8. The lowest BCUT2D eigenvalue weighted by atomic mass is 9.74. The van der Waals surface area contributed by atoms with Crippen LogP contribution in [0, 0.1) is 5.41 Å². The zero-order chi connectivity index (χ0) is 19.7. The van der Waals surface area contributed by atoms with E-state index < -0.39 is 5.41 Å². The lowest BCUT2D eigenvalue weighted by Gasteiger charge is -2.48. The number of hydrogen-bond donors (Lipinski definition) is 1. The van der Waals surface area contributed by atoms with Gasteiger partial charge in [-0.05, 0) is 30.9 Å². The third-order valence-electron chi connectivity index (χ3n) is 5.52. The second kappa shape index (κ2) is 7.27. The van der Waals surface area contributed by atoms with Gasteiger partial charge in [0.25, 0.3) is 0 Å². The molecule has 1 aromatic carbocycles. The van der Waals surface area contributed by atoms with Crippen LogP contribution in [0.15, 0.2) is 53.3 Å². The number of anilines is 1. The standard InChI is InChI=1S/C21H22N6O2/c28-19(24-12-17-25-18(26-29-17)16-7-8-16)21(11-15-5-2-1-3-6-15)13-27(14-21)20-22-9-4-10-23-20/h1-6,9-10,16H,7-8,11-14H2,(H,24,28). The number of amides is 1. The van der Waals surface area contributed by atoms with E-state index in [9.17, 15) is 4.79 Å². The Hall–Kier alpha value is -3.29. The molecule has 2 aromatic heterocycles. The van der Waals surface area contributed by atoms with Crippen molar-refractivity contribution < 1.29 is 9.32 Å². The summed E-state index contributed by atoms with van der Waals surface area (Å²) in [6, 6.07) is 11.9. The molecule has 8 nitrogen and oxygen atoms in total. The van der Waals surface area contributed by atoms with E-state index in [4.69, 9.17) is 4.52 Å². The molecule has 29 heavy (non-hydrogen) atoms. The quantitative estimate of drug-likeness (QED) is 0.660. The van der Waals surface area contributed by atoms with E-state index in [-0.39, 0.29) is 12.5 Å². The molecular weight excluding hydrogens is 368 g/mol. The van der Waals surface area contributed by atoms with Gasteiger partial charge in [0.15, 0.2) is 5.82 Å². The van der Waals surface area contributed by atoms with Gasteiger partial charge >= 0.3 is 0 Å². The highest BCUT2D eigenvalue weighted by Gasteiger charge is 2.50. The molecule has 0 unspecified atom stereocenters. The summed E-state index contributed by atoms with van der Waals surface area (Å²) in [6.07, 6.45) is 6.31. The van der Waals surface area contributed by atoms with E-state index in [2.05, 4.69) is 37.6 Å². The van der Waals surface area contributed by atoms with Crippen LogP contribution in [0.25, 0.3) is 0 Å². The van der Waals surface area contributed by atoms with E-state index in [0.717, 1.165) is 24.2 Å². The Morgan fingerprint density at radius 3 is 2.62 bits per heavy atom. The number of rotatable bonds is 7. The highest BCUT2D eigenvalue weighted by molar-refractivity contribution is 5.86. The Morgan fingerprint density at radius 1 is 1.14 bits per heavy atom. The van der Waals surface area contributed by atoms with Gasteiger partial charge in [-0.2, -0.15) is 4.98 Å². The smallest absolute Gasteiger partial charge is 0.246 e. The number of hydrogen-bond acceptors (Lipinski definition) is 7. The molecule has 0 atom stereocenters. The van der Waals surface area contributed by atoms with Gasteiger partial charge in [0.2, 0.25) is 17.7 Å². The minimum atomic E-state index is -0.542. The van der Waals surface area contributed by atoms with Crippen LogP contribution < -0.4 is 10.2 Å². The van der Waals surface area contributed by atoms with Crippen LogP contribution in [0.4, 0.5) is 5.95 Å². The molecule has 0 radical (unpaired) electrons. The molecule has 1 aliphatic heterocycles. The third-order valence-corrected chi connectivity index (χ3v) is 5.52. The lowest BCUT2D eigenvalue weighted by molar-refractivity contribution is -0.133. The molecule has 0 bridgehead atoms. The van der Waals surface area contributed by atoms with Crippen LogP contribution >= 0.6 is 0 Å². The summed E-state index contributed by atoms with van der Waals surface area (Å²) >= 11 is 0. The molecule has 0 spiro atoms. The summed E-state index contributed by atoms with van der Waals surface area (Å²) in [7, 11) is 0. The lowest BCUT2D eigenvalue weighted by Crippen LogP contribution is -2.64. The number of nitrogens with one attached hydrogen (secondary N) is 1. The van der Waals surface area contributed by atoms with Gasteiger partial charge in [0.05, 0.1) is 12.0 Å². The van der Waals surface area contributed by atoms with E-state index in [1.165, 1.54) is 0 Å². The number of aromatic nitrogens is 4. The normalized spacial score (nSPS) is 17.6. The summed E-state index contributed by atoms with van der Waals surface area (Å²) in [5, 5.41) is 7.01. The van der Waals surface area contributed by atoms with Gasteiger partial charge < -0.3 is 14.7 Å². The van der Waals surface area contributed by atoms with Crippen LogP contribution in [0.3, 0.4) is 0 Å². The summed E-state index contributed by atoms with van der Waals surface area (Å²) in [5.41, 5.74) is 0.588. The molecule has 5 rings (SSSR count). The van der Waals surface area contributed by atoms with Gasteiger partial charge in [-0.25, -0.2) is 9.97 Å². The van der Waals surface area contributed by atoms with E-state index in [1.54, 1.807) is 18.5 Å². The fraction of sp³-hybridized carbons (Fsp3) is 0.381. The first-order chi connectivity index (χ1) is 14.2. The highest BCUT2D eigenvalue weighted by Crippen LogP contribution is 2.38. The predicted molar refractivity (Wildman–Crippen MR) is 105 cm³/mol. The summed E-state index contributed by atoms with van der Waals surface area (Å²) in [6.45, 7) is 1.38. The summed E-state index contributed by atoms with van der Waals surface area (Å²) in [4.78, 5) is 28.2. The van der Waals surface area contributed by atoms with Crippen LogP contribution in [0.1, 0.15) is 36.0 Å². The van der Waals surface area contributed by atoms with Crippen molar-refractivity contribution in [3.05, 3.63) is 66.1 Å². The van der Waals surface area contributed by atoms with Crippen molar-refractivity contribution in [3.63, 3.8) is 0 Å². The average Bonchev–Trinajstić information content (AvgIpc) is 3.48. The first-order valence-corrected chi connectivity index (χ1v) is 9.89. The van der Waals surface area contributed by atoms with Gasteiger partial charge in [0, 0.05) is 31.4 Å². The molecule has 3 heterocycles. The molecule has 1 amide bonds. The molecule has 148 valence electrons. The zero-order valence-corrected chi connectivity index (χ0v) is 16.0. The van der Waals surface area contributed by atoms with Gasteiger partial charge in [0.1, 0.15) is 0 Å². The fourth-order valence-electron chi connectivity index (χ4n) is 3.79. The Bertz CT molecular complexity index is 981. The maximum atomic E-state index is 13.2. The number of benzene rings is 1. The third kappa shape index (κ3) is 3.70. The molecule has 1 N–H and O–H groups in total. The van der Waals surface area contributed by atoms with Crippen LogP contribution in [-0.2, 0) is 17.8 Å². The zero-order valence-electron chi connectivity index (χ0n) is 16.0. The molecule has 1 saturated heterocycles. The van der Waals surface area contributed by atoms with Crippen LogP contribution in [-0.4, -0.2) is 39.1 Å². The molecular formula is C21H22N6O2. The first-order valence-electron chi connectivity index (χ1n) is 9.89. The van der Waals surface area contributed by atoms with Crippen molar-refractivity contribution in [2.24, 2.45) is 5.41 Å². The Kier molecular flexibility index (Phi) is 4.46. The minimum Gasteiger partial charge on any atom is -0.346 e. The Labute approximate surface area is 168 Å². The largest absolute Gasteiger partial charge is 0.346 e. The number of nitrogens with zero attached hydrogens (tertiary/aromatic N) is 5. The summed E-state index contributed by atoms with van der Waals surface area (Å²) in [5.74, 6) is 2.27. The number of carbonyl (C=O) groups excluding carboxylic acids is 1. The topological polar surface area (TPSA) is 97.0 Å². The van der Waals surface area contributed by atoms with E-state index in [1.807, 2.05) is 23.1 Å². The van der Waals surface area contributed by atoms with Gasteiger partial charge in [-0.3, -0.25) is 4.79 Å². The fourth-order valence-corrected chi connectivity index (χ4v) is 3.79. The SMILES string of the molecule is O=C(NCc1nc(C2CC2)no1)C1(Cc2ccccc2)CN(c2ncccn2)C1. The monoisotopic (exact) mass is 390 g/mol. The van der Waals surface area contributed by atoms with E-state index in [0.29, 0.717) is 37.3 Å². The van der Waals surface area contributed by atoms with Crippen molar-refractivity contribution in [1.29, 1.82) is 0 Å². The molecule has 3 aromatic rings. The van der Waals surface area contributed by atoms with Crippen molar-refractivity contribution in [1.82, 2.24) is 25.4 Å². The maximum absolute atomic E-state index is 13.2. The summed E-state index contributed by atoms with van der Waals surface area (Å²) < 4.78 is 5.28. The Morgan fingerprint density at radius 2 is 1.90 bits per heavy atom. The van der Waals surface area contributed by atoms with E-state index >= 15 is 0 Å². The number of carbonyl (C=O) groups is 1. The molecule has 1 aliphatic carbocycles. The molecule has 2 fully saturated rings. The van der Waals surface area contributed by atoms with Crippen molar-refractivity contribution in [2.45, 2.75) is 31.7 Å². The van der Waals surface area contributed by atoms with Crippen molar-refractivity contribution in [2.75, 3.05) is 18.0 Å². The second-order valence-electron chi connectivity index (χ2n) is 7.85. The van der Waals surface area contributed by atoms with Gasteiger partial charge in [-0.1, -0.05) is 35.5 Å². The van der Waals surface area contributed by atoms with Crippen molar-refractivity contribution >= 4 is 11.9 Å². The van der Waals surface area contributed by atoms with Crippen LogP contribution in [0.2, 0.25) is 0 Å². The maximum Gasteiger partial charge on any atom is 0.246 e. The second-order valence-corrected chi connectivity index (χ2v) is 7.85. The van der Waals surface area contributed by atoms with Crippen LogP contribution in [0.5, 0.6) is 0 Å². The molecule has 8 heteroatoms. The highest BCUT2D eigenvalue weighted by atomic mass is 16.5. The molecule has 1 saturated carbocycles. The minimum absolute atomic E-state index is 0.0142. The Balaban J connectivity index is 1.29. The predicted octanol–water partition coefficient (Wildman–Crippen LogP) is 2.10.